The Labute approximate surface area is 151 Å². The van der Waals surface area contributed by atoms with E-state index in [9.17, 15) is 14.7 Å². The number of piperazine rings is 1. The summed E-state index contributed by atoms with van der Waals surface area (Å²) in [5.41, 5.74) is 0.869. The molecule has 1 amide bonds. The summed E-state index contributed by atoms with van der Waals surface area (Å²) in [6, 6.07) is 5.09. The van der Waals surface area contributed by atoms with Crippen LogP contribution in [0, 0.1) is 0 Å². The summed E-state index contributed by atoms with van der Waals surface area (Å²) in [7, 11) is 0. The Hall–Kier alpha value is -2.77. The zero-order valence-corrected chi connectivity index (χ0v) is 15.3. The Morgan fingerprint density at radius 3 is 2.50 bits per heavy atom. The number of hydrogen-bond donors (Lipinski definition) is 1. The first-order chi connectivity index (χ1) is 12.3. The van der Waals surface area contributed by atoms with Crippen molar-refractivity contribution in [1.29, 1.82) is 0 Å². The van der Waals surface area contributed by atoms with Gasteiger partial charge in [0.05, 0.1) is 11.7 Å². The number of carbonyl (C=O) groups is 2. The van der Waals surface area contributed by atoms with E-state index in [1.54, 1.807) is 17.0 Å². The number of fused-ring (bicyclic) bond motifs is 1. The Balaban J connectivity index is 1.86. The molecular formula is C18H23N3O5. The van der Waals surface area contributed by atoms with Crippen LogP contribution in [0.4, 0.5) is 10.8 Å². The van der Waals surface area contributed by atoms with Crippen molar-refractivity contribution in [2.45, 2.75) is 45.9 Å². The van der Waals surface area contributed by atoms with E-state index >= 15 is 0 Å². The van der Waals surface area contributed by atoms with Crippen LogP contribution >= 0.6 is 0 Å². The van der Waals surface area contributed by atoms with Crippen molar-refractivity contribution in [1.82, 2.24) is 9.88 Å². The summed E-state index contributed by atoms with van der Waals surface area (Å²) < 4.78 is 11.1. The molecule has 0 aliphatic carbocycles. The second-order valence-corrected chi connectivity index (χ2v) is 6.90. The number of benzene rings is 1. The van der Waals surface area contributed by atoms with Crippen molar-refractivity contribution < 1.29 is 23.8 Å². The number of hydrogen-bond acceptors (Lipinski definition) is 6. The fourth-order valence-electron chi connectivity index (χ4n) is 3.34. The molecule has 140 valence electrons. The summed E-state index contributed by atoms with van der Waals surface area (Å²) in [6.07, 6.45) is -0.498. The zero-order chi connectivity index (χ0) is 19.0. The standard InChI is InChI=1S/C18H23N3O5/c1-10(2)25-18(24)20-8-11(3)21(12(4)9-20)17-19-15-13(16(22)23)6-5-7-14(15)26-17/h5-7,10-12H,8-9H2,1-4H3,(H,22,23). The third-order valence-electron chi connectivity index (χ3n) is 4.37. The topological polar surface area (TPSA) is 96.1 Å². The fraction of sp³-hybridized carbons (Fsp3) is 0.500. The number of anilines is 1. The van der Waals surface area contributed by atoms with Crippen LogP contribution in [0.25, 0.3) is 11.1 Å². The Morgan fingerprint density at radius 1 is 1.27 bits per heavy atom. The largest absolute Gasteiger partial charge is 0.478 e. The minimum atomic E-state index is -1.04. The average Bonchev–Trinajstić information content (AvgIpc) is 2.96. The number of nitrogens with zero attached hydrogens (tertiary/aromatic N) is 3. The quantitative estimate of drug-likeness (QED) is 0.898. The van der Waals surface area contributed by atoms with Gasteiger partial charge in [0.2, 0.25) is 0 Å². The second-order valence-electron chi connectivity index (χ2n) is 6.90. The van der Waals surface area contributed by atoms with E-state index in [0.29, 0.717) is 30.2 Å². The smallest absolute Gasteiger partial charge is 0.410 e. The molecule has 1 aromatic carbocycles. The normalized spacial score (nSPS) is 20.7. The number of carboxylic acid groups (broad SMARTS) is 1. The molecule has 3 rings (SSSR count). The molecule has 1 N–H and O–H groups in total. The molecule has 0 saturated carbocycles. The number of rotatable bonds is 3. The molecule has 1 aliphatic heterocycles. The van der Waals surface area contributed by atoms with E-state index in [-0.39, 0.29) is 29.8 Å². The third kappa shape index (κ3) is 3.31. The summed E-state index contributed by atoms with van der Waals surface area (Å²) in [5, 5.41) is 9.32. The SMILES string of the molecule is CC(C)OC(=O)N1CC(C)N(c2nc3c(C(=O)O)cccc3o2)C(C)C1. The number of para-hydroxylation sites is 1. The first-order valence-electron chi connectivity index (χ1n) is 8.64. The Bertz CT molecular complexity index is 819. The van der Waals surface area contributed by atoms with E-state index in [1.807, 2.05) is 32.6 Å². The van der Waals surface area contributed by atoms with Gasteiger partial charge in [0, 0.05) is 25.2 Å². The zero-order valence-electron chi connectivity index (χ0n) is 15.3. The molecule has 8 nitrogen and oxygen atoms in total. The number of aromatic carboxylic acids is 1. The van der Waals surface area contributed by atoms with E-state index < -0.39 is 5.97 Å². The molecule has 1 fully saturated rings. The summed E-state index contributed by atoms with van der Waals surface area (Å²) in [6.45, 7) is 8.52. The van der Waals surface area contributed by atoms with Gasteiger partial charge in [0.15, 0.2) is 5.58 Å². The highest BCUT2D eigenvalue weighted by molar-refractivity contribution is 6.00. The Kier molecular flexibility index (Phi) is 4.76. The maximum Gasteiger partial charge on any atom is 0.410 e. The van der Waals surface area contributed by atoms with Crippen LogP contribution in [0.2, 0.25) is 0 Å². The van der Waals surface area contributed by atoms with Crippen LogP contribution < -0.4 is 4.90 Å². The Morgan fingerprint density at radius 2 is 1.92 bits per heavy atom. The first-order valence-corrected chi connectivity index (χ1v) is 8.64. The van der Waals surface area contributed by atoms with Gasteiger partial charge in [0.25, 0.3) is 6.01 Å². The number of amides is 1. The van der Waals surface area contributed by atoms with Crippen molar-refractivity contribution in [3.8, 4) is 0 Å². The molecule has 1 aromatic heterocycles. The van der Waals surface area contributed by atoms with Crippen molar-refractivity contribution >= 4 is 29.2 Å². The van der Waals surface area contributed by atoms with E-state index in [0.717, 1.165) is 0 Å². The van der Waals surface area contributed by atoms with E-state index in [4.69, 9.17) is 9.15 Å². The van der Waals surface area contributed by atoms with Crippen LogP contribution in [0.1, 0.15) is 38.1 Å². The molecule has 2 aromatic rings. The summed E-state index contributed by atoms with van der Waals surface area (Å²) >= 11 is 0. The highest BCUT2D eigenvalue weighted by Gasteiger charge is 2.35. The molecular weight excluding hydrogens is 338 g/mol. The predicted molar refractivity (Wildman–Crippen MR) is 95.6 cm³/mol. The molecule has 26 heavy (non-hydrogen) atoms. The van der Waals surface area contributed by atoms with Gasteiger partial charge in [0.1, 0.15) is 5.52 Å². The molecule has 0 radical (unpaired) electrons. The van der Waals surface area contributed by atoms with Crippen LogP contribution in [0.15, 0.2) is 22.6 Å². The van der Waals surface area contributed by atoms with Crippen LogP contribution in [0.5, 0.6) is 0 Å². The van der Waals surface area contributed by atoms with Gasteiger partial charge in [-0.2, -0.15) is 4.98 Å². The number of oxazole rings is 1. The number of aromatic nitrogens is 1. The van der Waals surface area contributed by atoms with Gasteiger partial charge in [-0.05, 0) is 39.8 Å². The van der Waals surface area contributed by atoms with Gasteiger partial charge >= 0.3 is 12.1 Å². The van der Waals surface area contributed by atoms with Crippen molar-refractivity contribution in [3.63, 3.8) is 0 Å². The lowest BCUT2D eigenvalue weighted by Crippen LogP contribution is -2.58. The lowest BCUT2D eigenvalue weighted by molar-refractivity contribution is 0.0663. The monoisotopic (exact) mass is 361 g/mol. The van der Waals surface area contributed by atoms with Crippen LogP contribution in [0.3, 0.4) is 0 Å². The molecule has 0 bridgehead atoms. The van der Waals surface area contributed by atoms with E-state index in [1.165, 1.54) is 6.07 Å². The maximum absolute atomic E-state index is 12.2. The first kappa shape index (κ1) is 18.0. The summed E-state index contributed by atoms with van der Waals surface area (Å²) in [5.74, 6) is -1.04. The second kappa shape index (κ2) is 6.86. The predicted octanol–water partition coefficient (Wildman–Crippen LogP) is 2.97. The van der Waals surface area contributed by atoms with E-state index in [2.05, 4.69) is 4.98 Å². The molecule has 0 spiro atoms. The summed E-state index contributed by atoms with van der Waals surface area (Å²) in [4.78, 5) is 31.6. The minimum Gasteiger partial charge on any atom is -0.478 e. The van der Waals surface area contributed by atoms with Gasteiger partial charge < -0.3 is 24.1 Å². The third-order valence-corrected chi connectivity index (χ3v) is 4.37. The average molecular weight is 361 g/mol. The van der Waals surface area contributed by atoms with Crippen molar-refractivity contribution in [2.75, 3.05) is 18.0 Å². The van der Waals surface area contributed by atoms with Crippen LogP contribution in [-0.4, -0.2) is 58.3 Å². The van der Waals surface area contributed by atoms with Gasteiger partial charge in [-0.15, -0.1) is 0 Å². The van der Waals surface area contributed by atoms with Gasteiger partial charge in [-0.3, -0.25) is 0 Å². The fourth-order valence-corrected chi connectivity index (χ4v) is 3.34. The lowest BCUT2D eigenvalue weighted by atomic mass is 10.1. The van der Waals surface area contributed by atoms with Crippen molar-refractivity contribution in [2.24, 2.45) is 0 Å². The molecule has 8 heteroatoms. The molecule has 2 heterocycles. The minimum absolute atomic E-state index is 0.0557. The number of ether oxygens (including phenoxy) is 1. The number of carboxylic acids is 1. The molecule has 2 atom stereocenters. The number of carbonyl (C=O) groups excluding carboxylic acids is 1. The van der Waals surface area contributed by atoms with Crippen molar-refractivity contribution in [3.05, 3.63) is 23.8 Å². The highest BCUT2D eigenvalue weighted by atomic mass is 16.6. The maximum atomic E-state index is 12.2. The van der Waals surface area contributed by atoms with Crippen LogP contribution in [-0.2, 0) is 4.74 Å². The molecule has 1 saturated heterocycles. The van der Waals surface area contributed by atoms with Gasteiger partial charge in [-0.1, -0.05) is 6.07 Å². The molecule has 2 unspecified atom stereocenters. The highest BCUT2D eigenvalue weighted by Crippen LogP contribution is 2.29. The molecule has 1 aliphatic rings. The van der Waals surface area contributed by atoms with Gasteiger partial charge in [-0.25, -0.2) is 9.59 Å². The lowest BCUT2D eigenvalue weighted by Gasteiger charge is -2.43.